The van der Waals surface area contributed by atoms with Crippen LogP contribution in [-0.4, -0.2) is 46.6 Å². The first-order valence-corrected chi connectivity index (χ1v) is 6.64. The third-order valence-electron chi connectivity index (χ3n) is 3.92. The number of aromatic nitrogens is 1. The molecule has 2 atom stereocenters. The number of likely N-dealkylation sites (tertiary alicyclic amines) is 1. The fraction of sp³-hybridized carbons (Fsp3) is 0.571. The highest BCUT2D eigenvalue weighted by atomic mass is 16.4. The van der Waals surface area contributed by atoms with Crippen molar-refractivity contribution < 1.29 is 9.90 Å². The molecule has 2 rings (SSSR count). The van der Waals surface area contributed by atoms with Crippen molar-refractivity contribution in [2.75, 3.05) is 18.9 Å². The van der Waals surface area contributed by atoms with Crippen molar-refractivity contribution in [2.45, 2.75) is 38.8 Å². The summed E-state index contributed by atoms with van der Waals surface area (Å²) in [5.74, 6) is -0.427. The van der Waals surface area contributed by atoms with Gasteiger partial charge in [-0.1, -0.05) is 0 Å². The summed E-state index contributed by atoms with van der Waals surface area (Å²) in [4.78, 5) is 17.8. The van der Waals surface area contributed by atoms with Gasteiger partial charge < -0.3 is 15.3 Å². The lowest BCUT2D eigenvalue weighted by molar-refractivity contribution is 0.0696. The number of aryl methyl sites for hydroxylation is 1. The number of hydrogen-bond donors (Lipinski definition) is 2. The Morgan fingerprint density at radius 1 is 1.58 bits per heavy atom. The van der Waals surface area contributed by atoms with E-state index in [1.807, 2.05) is 0 Å². The summed E-state index contributed by atoms with van der Waals surface area (Å²) in [6, 6.07) is 2.52. The molecule has 19 heavy (non-hydrogen) atoms. The molecule has 0 radical (unpaired) electrons. The Hall–Kier alpha value is -1.62. The zero-order valence-electron chi connectivity index (χ0n) is 11.7. The molecule has 1 saturated heterocycles. The number of carboxylic acid groups (broad SMARTS) is 1. The molecule has 2 N–H and O–H groups in total. The molecule has 1 fully saturated rings. The van der Waals surface area contributed by atoms with Crippen LogP contribution in [0.25, 0.3) is 0 Å². The number of nitrogens with one attached hydrogen (secondary N) is 1. The molecule has 5 nitrogen and oxygen atoms in total. The number of hydrogen-bond acceptors (Lipinski definition) is 4. The van der Waals surface area contributed by atoms with E-state index in [2.05, 4.69) is 29.2 Å². The molecule has 1 aromatic rings. The van der Waals surface area contributed by atoms with Gasteiger partial charge in [0.2, 0.25) is 0 Å². The highest BCUT2D eigenvalue weighted by Gasteiger charge is 2.24. The Balaban J connectivity index is 2.15. The lowest BCUT2D eigenvalue weighted by Gasteiger charge is -2.35. The van der Waals surface area contributed by atoms with Gasteiger partial charge in [-0.15, -0.1) is 0 Å². The number of anilines is 1. The summed E-state index contributed by atoms with van der Waals surface area (Å²) < 4.78 is 0. The monoisotopic (exact) mass is 263 g/mol. The Labute approximate surface area is 113 Å². The molecule has 0 spiro atoms. The van der Waals surface area contributed by atoms with Crippen LogP contribution >= 0.6 is 0 Å². The van der Waals surface area contributed by atoms with E-state index in [-0.39, 0.29) is 5.56 Å². The molecule has 1 aliphatic heterocycles. The van der Waals surface area contributed by atoms with Crippen molar-refractivity contribution in [2.24, 2.45) is 0 Å². The molecule has 1 aliphatic rings. The van der Waals surface area contributed by atoms with E-state index >= 15 is 0 Å². The van der Waals surface area contributed by atoms with Crippen LogP contribution < -0.4 is 5.32 Å². The molecule has 0 saturated carbocycles. The second-order valence-corrected chi connectivity index (χ2v) is 5.35. The summed E-state index contributed by atoms with van der Waals surface area (Å²) in [5.41, 5.74) is 1.03. The molecule has 2 heterocycles. The van der Waals surface area contributed by atoms with Crippen molar-refractivity contribution in [1.29, 1.82) is 0 Å². The second kappa shape index (κ2) is 5.57. The molecule has 0 bridgehead atoms. The highest BCUT2D eigenvalue weighted by molar-refractivity contribution is 5.94. The van der Waals surface area contributed by atoms with Crippen LogP contribution in [0.5, 0.6) is 0 Å². The van der Waals surface area contributed by atoms with Crippen molar-refractivity contribution in [3.63, 3.8) is 0 Å². The lowest BCUT2D eigenvalue weighted by Crippen LogP contribution is -2.43. The standard InChI is InChI=1S/C14H21N3O2/c1-9-4-6-15-13(12(9)14(18)19)16-11-5-7-17(3)10(2)8-11/h4,6,10-11H,5,7-8H2,1-3H3,(H,15,16)(H,18,19). The van der Waals surface area contributed by atoms with E-state index < -0.39 is 5.97 Å². The van der Waals surface area contributed by atoms with Crippen LogP contribution in [0, 0.1) is 6.92 Å². The van der Waals surface area contributed by atoms with Gasteiger partial charge >= 0.3 is 5.97 Å². The Morgan fingerprint density at radius 2 is 2.32 bits per heavy atom. The largest absolute Gasteiger partial charge is 0.478 e. The lowest BCUT2D eigenvalue weighted by atomic mass is 9.98. The molecule has 0 aliphatic carbocycles. The zero-order chi connectivity index (χ0) is 14.0. The number of nitrogens with zero attached hydrogens (tertiary/aromatic N) is 2. The second-order valence-electron chi connectivity index (χ2n) is 5.35. The van der Waals surface area contributed by atoms with Crippen molar-refractivity contribution >= 4 is 11.8 Å². The number of piperidine rings is 1. The van der Waals surface area contributed by atoms with Crippen LogP contribution in [0.15, 0.2) is 12.3 Å². The van der Waals surface area contributed by atoms with Gasteiger partial charge in [0.15, 0.2) is 0 Å². The molecule has 1 aromatic heterocycles. The van der Waals surface area contributed by atoms with Crippen LogP contribution in [-0.2, 0) is 0 Å². The maximum Gasteiger partial charge on any atom is 0.339 e. The summed E-state index contributed by atoms with van der Waals surface area (Å²) in [6.45, 7) is 5.01. The summed E-state index contributed by atoms with van der Waals surface area (Å²) in [7, 11) is 2.12. The van der Waals surface area contributed by atoms with Gasteiger partial charge in [-0.2, -0.15) is 0 Å². The van der Waals surface area contributed by atoms with Crippen LogP contribution in [0.2, 0.25) is 0 Å². The van der Waals surface area contributed by atoms with Crippen molar-refractivity contribution in [3.05, 3.63) is 23.4 Å². The average molecular weight is 263 g/mol. The predicted molar refractivity (Wildman–Crippen MR) is 74.7 cm³/mol. The van der Waals surface area contributed by atoms with Gasteiger partial charge in [-0.25, -0.2) is 9.78 Å². The van der Waals surface area contributed by atoms with Crippen molar-refractivity contribution in [3.8, 4) is 0 Å². The topological polar surface area (TPSA) is 65.5 Å². The number of carbonyl (C=O) groups is 1. The van der Waals surface area contributed by atoms with E-state index in [0.29, 0.717) is 17.9 Å². The van der Waals surface area contributed by atoms with Gasteiger partial charge in [0.05, 0.1) is 0 Å². The van der Waals surface area contributed by atoms with E-state index in [0.717, 1.165) is 24.9 Å². The first-order chi connectivity index (χ1) is 8.99. The third-order valence-corrected chi connectivity index (χ3v) is 3.92. The SMILES string of the molecule is Cc1ccnc(NC2CCN(C)C(C)C2)c1C(=O)O. The normalized spacial score (nSPS) is 24.2. The minimum Gasteiger partial charge on any atom is -0.478 e. The molecule has 104 valence electrons. The Kier molecular flexibility index (Phi) is 4.04. The number of rotatable bonds is 3. The first kappa shape index (κ1) is 13.8. The highest BCUT2D eigenvalue weighted by Crippen LogP contribution is 2.22. The minimum atomic E-state index is -0.922. The maximum absolute atomic E-state index is 11.3. The predicted octanol–water partition coefficient (Wildman–Crippen LogP) is 1.98. The molecule has 0 amide bonds. The average Bonchev–Trinajstić information content (AvgIpc) is 2.33. The van der Waals surface area contributed by atoms with Crippen LogP contribution in [0.3, 0.4) is 0 Å². The quantitative estimate of drug-likeness (QED) is 0.873. The summed E-state index contributed by atoms with van der Waals surface area (Å²) in [5, 5.41) is 12.6. The molecule has 5 heteroatoms. The minimum absolute atomic E-state index is 0.286. The smallest absolute Gasteiger partial charge is 0.339 e. The van der Waals surface area contributed by atoms with Gasteiger partial charge in [0.1, 0.15) is 11.4 Å². The van der Waals surface area contributed by atoms with E-state index in [4.69, 9.17) is 0 Å². The summed E-state index contributed by atoms with van der Waals surface area (Å²) in [6.07, 6.45) is 3.67. The van der Waals surface area contributed by atoms with E-state index in [1.165, 1.54) is 0 Å². The van der Waals surface area contributed by atoms with Gasteiger partial charge in [-0.3, -0.25) is 0 Å². The summed E-state index contributed by atoms with van der Waals surface area (Å²) >= 11 is 0. The molecule has 2 unspecified atom stereocenters. The molecular weight excluding hydrogens is 242 g/mol. The van der Waals surface area contributed by atoms with Crippen molar-refractivity contribution in [1.82, 2.24) is 9.88 Å². The molecule has 0 aromatic carbocycles. The maximum atomic E-state index is 11.3. The van der Waals surface area contributed by atoms with Gasteiger partial charge in [-0.05, 0) is 45.4 Å². The zero-order valence-corrected chi connectivity index (χ0v) is 11.7. The van der Waals surface area contributed by atoms with E-state index in [9.17, 15) is 9.90 Å². The van der Waals surface area contributed by atoms with Crippen LogP contribution in [0.1, 0.15) is 35.7 Å². The number of pyridine rings is 1. The van der Waals surface area contributed by atoms with Gasteiger partial charge in [0.25, 0.3) is 0 Å². The number of carboxylic acids is 1. The van der Waals surface area contributed by atoms with E-state index in [1.54, 1.807) is 19.2 Å². The van der Waals surface area contributed by atoms with Crippen LogP contribution in [0.4, 0.5) is 5.82 Å². The number of aromatic carboxylic acids is 1. The third kappa shape index (κ3) is 3.04. The first-order valence-electron chi connectivity index (χ1n) is 6.64. The van der Waals surface area contributed by atoms with Gasteiger partial charge in [0, 0.05) is 24.8 Å². The fourth-order valence-corrected chi connectivity index (χ4v) is 2.55. The Bertz CT molecular complexity index is 476. The molecular formula is C14H21N3O2. The fourth-order valence-electron chi connectivity index (χ4n) is 2.55. The Morgan fingerprint density at radius 3 is 2.95 bits per heavy atom.